The monoisotopic (exact) mass is 1350 g/mol. The average Bonchev–Trinajstić information content (AvgIpc) is 1.69. The van der Waals surface area contributed by atoms with Crippen molar-refractivity contribution in [3.05, 3.63) is 0 Å². The Balaban J connectivity index is 5.26. The molecule has 0 aliphatic heterocycles. The minimum atomic E-state index is -4.96. The van der Waals surface area contributed by atoms with Gasteiger partial charge < -0.3 is 33.8 Å². The van der Waals surface area contributed by atoms with Gasteiger partial charge in [0.05, 0.1) is 26.4 Å². The van der Waals surface area contributed by atoms with E-state index in [0.717, 1.165) is 108 Å². The Bertz CT molecular complexity index is 1800. The van der Waals surface area contributed by atoms with Crippen LogP contribution in [0.4, 0.5) is 0 Å². The van der Waals surface area contributed by atoms with Crippen LogP contribution in [0.1, 0.15) is 370 Å². The van der Waals surface area contributed by atoms with Gasteiger partial charge >= 0.3 is 39.5 Å². The van der Waals surface area contributed by atoms with Crippen LogP contribution in [0.3, 0.4) is 0 Å². The number of hydrogen-bond donors (Lipinski definition) is 3. The molecule has 17 nitrogen and oxygen atoms in total. The third-order valence-electron chi connectivity index (χ3n) is 17.2. The Morgan fingerprint density at radius 1 is 0.315 bits per heavy atom. The van der Waals surface area contributed by atoms with Gasteiger partial charge in [-0.3, -0.25) is 37.3 Å². The predicted molar refractivity (Wildman–Crippen MR) is 372 cm³/mol. The van der Waals surface area contributed by atoms with Crippen LogP contribution in [0, 0.1) is 17.8 Å². The second-order valence-electron chi connectivity index (χ2n) is 27.5. The number of ether oxygens (including phenoxy) is 4. The molecule has 0 saturated carbocycles. The normalized spacial score (nSPS) is 14.4. The molecule has 3 unspecified atom stereocenters. The van der Waals surface area contributed by atoms with Crippen molar-refractivity contribution < 1.29 is 80.2 Å². The van der Waals surface area contributed by atoms with Crippen molar-refractivity contribution in [1.82, 2.24) is 0 Å². The molecule has 0 saturated heterocycles. The number of aliphatic hydroxyl groups excluding tert-OH is 1. The Kier molecular flexibility index (Phi) is 62.4. The summed E-state index contributed by atoms with van der Waals surface area (Å²) >= 11 is 0. The maximum absolute atomic E-state index is 13.1. The molecule has 19 heteroatoms. The van der Waals surface area contributed by atoms with E-state index in [1.54, 1.807) is 0 Å². The zero-order chi connectivity index (χ0) is 68.0. The molecule has 0 bridgehead atoms. The summed E-state index contributed by atoms with van der Waals surface area (Å²) in [5, 5.41) is 10.6. The lowest BCUT2D eigenvalue weighted by Gasteiger charge is -2.21. The van der Waals surface area contributed by atoms with Crippen LogP contribution in [0.5, 0.6) is 0 Å². The van der Waals surface area contributed by atoms with Gasteiger partial charge in [-0.05, 0) is 43.4 Å². The Morgan fingerprint density at radius 2 is 0.554 bits per heavy atom. The van der Waals surface area contributed by atoms with E-state index in [1.807, 2.05) is 0 Å². The van der Waals surface area contributed by atoms with Crippen molar-refractivity contribution in [2.24, 2.45) is 17.8 Å². The molecule has 0 amide bonds. The highest BCUT2D eigenvalue weighted by atomic mass is 31.2. The van der Waals surface area contributed by atoms with Crippen LogP contribution < -0.4 is 0 Å². The SMILES string of the molecule is CCCCCCCCCCCCC(=O)OC[C@H](COP(=O)(O)OC[C@H](O)COP(=O)(O)OC[C@@H](COC(=O)CCCCCCCCCCCCCC(C)C)OC(=O)CCCCCCCCCCCCCCCC(C)C)OC(=O)CCCCCCCCCCC(C)CC. The van der Waals surface area contributed by atoms with Crippen molar-refractivity contribution >= 4 is 39.5 Å². The summed E-state index contributed by atoms with van der Waals surface area (Å²) in [6.45, 7) is 11.9. The predicted octanol–water partition coefficient (Wildman–Crippen LogP) is 21.0. The van der Waals surface area contributed by atoms with E-state index in [-0.39, 0.29) is 25.7 Å². The average molecular weight is 1350 g/mol. The zero-order valence-electron chi connectivity index (χ0n) is 60.0. The molecule has 0 aromatic rings. The first-order valence-corrected chi connectivity index (χ1v) is 40.9. The van der Waals surface area contributed by atoms with Crippen LogP contribution in [0.2, 0.25) is 0 Å². The van der Waals surface area contributed by atoms with Crippen molar-refractivity contribution in [3.63, 3.8) is 0 Å². The van der Waals surface area contributed by atoms with E-state index >= 15 is 0 Å². The smallest absolute Gasteiger partial charge is 0.462 e. The Morgan fingerprint density at radius 3 is 0.826 bits per heavy atom. The number of hydrogen-bond acceptors (Lipinski definition) is 15. The molecule has 0 radical (unpaired) electrons. The molecule has 546 valence electrons. The molecule has 0 rings (SSSR count). The summed E-state index contributed by atoms with van der Waals surface area (Å²) in [5.41, 5.74) is 0. The minimum Gasteiger partial charge on any atom is -0.462 e. The van der Waals surface area contributed by atoms with E-state index in [0.29, 0.717) is 25.7 Å². The minimum absolute atomic E-state index is 0.105. The summed E-state index contributed by atoms with van der Waals surface area (Å²) in [6, 6.07) is 0. The van der Waals surface area contributed by atoms with Gasteiger partial charge in [-0.1, -0.05) is 318 Å². The van der Waals surface area contributed by atoms with Gasteiger partial charge in [0.15, 0.2) is 12.2 Å². The summed E-state index contributed by atoms with van der Waals surface area (Å²) in [4.78, 5) is 72.7. The van der Waals surface area contributed by atoms with Gasteiger partial charge in [0.1, 0.15) is 19.3 Å². The molecular weight excluding hydrogens is 1210 g/mol. The topological polar surface area (TPSA) is 237 Å². The molecule has 92 heavy (non-hydrogen) atoms. The maximum Gasteiger partial charge on any atom is 0.472 e. The lowest BCUT2D eigenvalue weighted by molar-refractivity contribution is -0.161. The first-order valence-electron chi connectivity index (χ1n) is 37.9. The lowest BCUT2D eigenvalue weighted by Crippen LogP contribution is -2.30. The van der Waals surface area contributed by atoms with Crippen molar-refractivity contribution in [2.45, 2.75) is 388 Å². The molecule has 0 aromatic carbocycles. The number of rotatable bonds is 71. The third-order valence-corrected chi connectivity index (χ3v) is 19.1. The van der Waals surface area contributed by atoms with Gasteiger partial charge in [-0.2, -0.15) is 0 Å². The zero-order valence-corrected chi connectivity index (χ0v) is 61.8. The number of carbonyl (C=O) groups excluding carboxylic acids is 4. The lowest BCUT2D eigenvalue weighted by atomic mass is 9.99. The van der Waals surface area contributed by atoms with E-state index in [1.165, 1.54) is 180 Å². The summed E-state index contributed by atoms with van der Waals surface area (Å²) in [7, 11) is -9.91. The first kappa shape index (κ1) is 90.1. The first-order chi connectivity index (χ1) is 44.3. The van der Waals surface area contributed by atoms with E-state index in [4.69, 9.17) is 37.0 Å². The number of phosphoric ester groups is 2. The quantitative estimate of drug-likeness (QED) is 0.0222. The highest BCUT2D eigenvalue weighted by Gasteiger charge is 2.30. The maximum atomic E-state index is 13.1. The molecule has 6 atom stereocenters. The van der Waals surface area contributed by atoms with Crippen molar-refractivity contribution in [2.75, 3.05) is 39.6 Å². The fourth-order valence-electron chi connectivity index (χ4n) is 11.0. The number of unbranched alkanes of at least 4 members (excludes halogenated alkanes) is 38. The number of phosphoric acid groups is 2. The standard InChI is InChI=1S/C73H142O17P2/c1-8-10-11-12-13-14-25-33-40-47-54-70(75)83-61-69(90-73(78)57-50-43-36-29-28-32-39-46-53-66(7)9-2)63-88-92(81,82)86-59-67(74)58-85-91(79,80)87-62-68(60-84-71(76)55-48-41-34-26-22-18-20-24-31-38-45-52-65(5)6)89-72(77)56-49-42-35-27-21-17-15-16-19-23-30-37-44-51-64(3)4/h64-69,74H,8-63H2,1-7H3,(H,79,80)(H,81,82)/t66?,67-,68-,69-/m1/s1. The third kappa shape index (κ3) is 65.4. The summed E-state index contributed by atoms with van der Waals surface area (Å²) in [5.74, 6) is 0.205. The molecule has 0 spiro atoms. The van der Waals surface area contributed by atoms with Gasteiger partial charge in [-0.25, -0.2) is 9.13 Å². The molecule has 0 aliphatic rings. The number of esters is 4. The van der Waals surface area contributed by atoms with E-state index in [2.05, 4.69) is 48.5 Å². The van der Waals surface area contributed by atoms with Crippen LogP contribution in [0.15, 0.2) is 0 Å². The fraction of sp³-hybridized carbons (Fsp3) is 0.945. The molecular formula is C73H142O17P2. The van der Waals surface area contributed by atoms with Gasteiger partial charge in [0.25, 0.3) is 0 Å². The highest BCUT2D eigenvalue weighted by Crippen LogP contribution is 2.45. The molecule has 3 N–H and O–H groups in total. The van der Waals surface area contributed by atoms with Gasteiger partial charge in [0.2, 0.25) is 0 Å². The molecule has 0 fully saturated rings. The Hall–Kier alpha value is -1.94. The molecule has 0 aromatic heterocycles. The molecule has 0 aliphatic carbocycles. The van der Waals surface area contributed by atoms with Gasteiger partial charge in [-0.15, -0.1) is 0 Å². The number of aliphatic hydroxyl groups is 1. The van der Waals surface area contributed by atoms with Crippen LogP contribution in [0.25, 0.3) is 0 Å². The Labute approximate surface area is 562 Å². The van der Waals surface area contributed by atoms with E-state index < -0.39 is 97.5 Å². The van der Waals surface area contributed by atoms with Crippen molar-refractivity contribution in [3.8, 4) is 0 Å². The largest absolute Gasteiger partial charge is 0.472 e. The second kappa shape index (κ2) is 63.8. The summed E-state index contributed by atoms with van der Waals surface area (Å²) < 4.78 is 68.4. The fourth-order valence-corrected chi connectivity index (χ4v) is 12.6. The van der Waals surface area contributed by atoms with E-state index in [9.17, 15) is 43.2 Å². The highest BCUT2D eigenvalue weighted by molar-refractivity contribution is 7.47. The van der Waals surface area contributed by atoms with Crippen molar-refractivity contribution in [1.29, 1.82) is 0 Å². The number of carbonyl (C=O) groups is 4. The summed E-state index contributed by atoms with van der Waals surface area (Å²) in [6.07, 6.45) is 48.4. The molecule has 0 heterocycles. The van der Waals surface area contributed by atoms with Gasteiger partial charge in [0, 0.05) is 25.7 Å². The van der Waals surface area contributed by atoms with Crippen LogP contribution in [-0.4, -0.2) is 96.7 Å². The second-order valence-corrected chi connectivity index (χ2v) is 30.4. The van der Waals surface area contributed by atoms with Crippen LogP contribution in [-0.2, 0) is 65.4 Å². The van der Waals surface area contributed by atoms with Crippen LogP contribution >= 0.6 is 15.6 Å².